The third-order valence-electron chi connectivity index (χ3n) is 3.22. The molecule has 0 aliphatic heterocycles. The molecule has 0 aliphatic rings. The van der Waals surface area contributed by atoms with Gasteiger partial charge in [0.05, 0.1) is 6.10 Å². The van der Waals surface area contributed by atoms with Crippen molar-refractivity contribution in [3.8, 4) is 0 Å². The number of hydrogen-bond acceptors (Lipinski definition) is 2. The summed E-state index contributed by atoms with van der Waals surface area (Å²) in [4.78, 5) is 0. The van der Waals surface area contributed by atoms with Gasteiger partial charge in [-0.1, -0.05) is 35.9 Å². The van der Waals surface area contributed by atoms with Gasteiger partial charge in [-0.05, 0) is 23.8 Å². The molecular weight excluding hydrogens is 284 g/mol. The molecule has 3 N–H and O–H groups in total. The van der Waals surface area contributed by atoms with Crippen molar-refractivity contribution in [2.24, 2.45) is 5.73 Å². The Kier molecular flexibility index (Phi) is 4.70. The van der Waals surface area contributed by atoms with Crippen molar-refractivity contribution < 1.29 is 13.9 Å². The highest BCUT2D eigenvalue weighted by Gasteiger charge is 2.26. The average molecular weight is 298 g/mol. The topological polar surface area (TPSA) is 46.2 Å². The van der Waals surface area contributed by atoms with Gasteiger partial charge in [0, 0.05) is 23.0 Å². The first-order chi connectivity index (χ1) is 9.54. The second kappa shape index (κ2) is 6.31. The van der Waals surface area contributed by atoms with Crippen LogP contribution in [0.1, 0.15) is 23.1 Å². The summed E-state index contributed by atoms with van der Waals surface area (Å²) in [6.07, 6.45) is -1.24. The summed E-state index contributed by atoms with van der Waals surface area (Å²) in [5, 5.41) is 10.5. The lowest BCUT2D eigenvalue weighted by Crippen LogP contribution is -2.22. The lowest BCUT2D eigenvalue weighted by molar-refractivity contribution is 0.141. The van der Waals surface area contributed by atoms with E-state index in [0.717, 1.165) is 6.07 Å². The summed E-state index contributed by atoms with van der Waals surface area (Å²) in [7, 11) is 0. The minimum Gasteiger partial charge on any atom is -0.388 e. The van der Waals surface area contributed by atoms with E-state index < -0.39 is 23.7 Å². The summed E-state index contributed by atoms with van der Waals surface area (Å²) >= 11 is 5.67. The maximum absolute atomic E-state index is 13.8. The van der Waals surface area contributed by atoms with Gasteiger partial charge in [-0.2, -0.15) is 0 Å². The molecule has 2 atom stereocenters. The summed E-state index contributed by atoms with van der Waals surface area (Å²) in [6.45, 7) is -0.00976. The van der Waals surface area contributed by atoms with Crippen molar-refractivity contribution in [2.75, 3.05) is 6.54 Å². The van der Waals surface area contributed by atoms with Crippen molar-refractivity contribution in [1.29, 1.82) is 0 Å². The highest BCUT2D eigenvalue weighted by atomic mass is 35.5. The first-order valence-electron chi connectivity index (χ1n) is 6.12. The Bertz CT molecular complexity index is 606. The van der Waals surface area contributed by atoms with Crippen LogP contribution < -0.4 is 5.73 Å². The molecule has 0 aromatic heterocycles. The summed E-state index contributed by atoms with van der Waals surface area (Å²) in [5.41, 5.74) is 5.93. The molecule has 2 unspecified atom stereocenters. The Morgan fingerprint density at radius 3 is 2.35 bits per heavy atom. The van der Waals surface area contributed by atoms with E-state index in [1.807, 2.05) is 0 Å². The Labute approximate surface area is 120 Å². The molecule has 0 saturated heterocycles. The van der Waals surface area contributed by atoms with Crippen molar-refractivity contribution in [3.63, 3.8) is 0 Å². The van der Waals surface area contributed by atoms with E-state index in [2.05, 4.69) is 0 Å². The molecule has 106 valence electrons. The van der Waals surface area contributed by atoms with Crippen LogP contribution in [0.25, 0.3) is 0 Å². The maximum Gasteiger partial charge on any atom is 0.130 e. The highest BCUT2D eigenvalue weighted by Crippen LogP contribution is 2.33. The van der Waals surface area contributed by atoms with Gasteiger partial charge in [0.15, 0.2) is 0 Å². The van der Waals surface area contributed by atoms with Crippen molar-refractivity contribution in [1.82, 2.24) is 0 Å². The predicted octanol–water partition coefficient (Wildman–Crippen LogP) is 3.39. The third-order valence-corrected chi connectivity index (χ3v) is 3.46. The molecule has 0 bridgehead atoms. The largest absolute Gasteiger partial charge is 0.388 e. The Morgan fingerprint density at radius 1 is 1.05 bits per heavy atom. The van der Waals surface area contributed by atoms with Gasteiger partial charge in [0.25, 0.3) is 0 Å². The minimum absolute atomic E-state index is 0.00976. The van der Waals surface area contributed by atoms with Crippen LogP contribution in [0.3, 0.4) is 0 Å². The number of aliphatic hydroxyl groups excluding tert-OH is 1. The number of halogens is 3. The first kappa shape index (κ1) is 14.9. The molecule has 0 saturated carbocycles. The van der Waals surface area contributed by atoms with Crippen LogP contribution in [0, 0.1) is 11.6 Å². The molecule has 0 spiro atoms. The highest BCUT2D eigenvalue weighted by molar-refractivity contribution is 6.30. The van der Waals surface area contributed by atoms with E-state index in [1.54, 1.807) is 12.1 Å². The third kappa shape index (κ3) is 2.98. The molecule has 0 amide bonds. The number of aliphatic hydroxyl groups is 1. The van der Waals surface area contributed by atoms with E-state index in [0.29, 0.717) is 0 Å². The summed E-state index contributed by atoms with van der Waals surface area (Å²) < 4.78 is 27.6. The van der Waals surface area contributed by atoms with Crippen LogP contribution in [-0.4, -0.2) is 11.7 Å². The second-order valence-corrected chi connectivity index (χ2v) is 4.91. The fourth-order valence-corrected chi connectivity index (χ4v) is 2.32. The Hall–Kier alpha value is -1.49. The fourth-order valence-electron chi connectivity index (χ4n) is 2.16. The molecule has 20 heavy (non-hydrogen) atoms. The quantitative estimate of drug-likeness (QED) is 0.908. The minimum atomic E-state index is -1.24. The normalized spacial score (nSPS) is 14.1. The lowest BCUT2D eigenvalue weighted by atomic mass is 9.88. The molecule has 0 fully saturated rings. The predicted molar refractivity (Wildman–Crippen MR) is 74.6 cm³/mol. The first-order valence-corrected chi connectivity index (χ1v) is 6.50. The molecular formula is C15H14ClF2NO. The number of nitrogens with two attached hydrogens (primary N) is 1. The van der Waals surface area contributed by atoms with Gasteiger partial charge in [0.1, 0.15) is 11.6 Å². The van der Waals surface area contributed by atoms with Crippen LogP contribution in [0.15, 0.2) is 42.5 Å². The van der Waals surface area contributed by atoms with Crippen molar-refractivity contribution in [3.05, 3.63) is 70.2 Å². The summed E-state index contributed by atoms with van der Waals surface area (Å²) in [5.74, 6) is -1.84. The Balaban J connectivity index is 2.39. The van der Waals surface area contributed by atoms with E-state index in [1.165, 1.54) is 24.3 Å². The van der Waals surface area contributed by atoms with Crippen LogP contribution >= 0.6 is 11.6 Å². The van der Waals surface area contributed by atoms with Crippen LogP contribution in [-0.2, 0) is 0 Å². The van der Waals surface area contributed by atoms with Gasteiger partial charge in [-0.3, -0.25) is 0 Å². The zero-order valence-electron chi connectivity index (χ0n) is 10.6. The van der Waals surface area contributed by atoms with Crippen LogP contribution in [0.2, 0.25) is 5.02 Å². The standard InChI is InChI=1S/C15H14ClF2NO/c16-9-5-6-11(14(18)7-9)15(20)12(8-19)10-3-1-2-4-13(10)17/h1-7,12,15,20H,8,19H2. The Morgan fingerprint density at radius 2 is 1.75 bits per heavy atom. The molecule has 2 aromatic carbocycles. The zero-order chi connectivity index (χ0) is 14.7. The smallest absolute Gasteiger partial charge is 0.130 e. The van der Waals surface area contributed by atoms with Gasteiger partial charge in [0.2, 0.25) is 0 Å². The molecule has 2 nitrogen and oxygen atoms in total. The number of hydrogen-bond donors (Lipinski definition) is 2. The van der Waals surface area contributed by atoms with Gasteiger partial charge in [-0.15, -0.1) is 0 Å². The van der Waals surface area contributed by atoms with Crippen molar-refractivity contribution >= 4 is 11.6 Å². The number of rotatable bonds is 4. The lowest BCUT2D eigenvalue weighted by Gasteiger charge is -2.23. The molecule has 0 heterocycles. The van der Waals surface area contributed by atoms with E-state index in [4.69, 9.17) is 17.3 Å². The van der Waals surface area contributed by atoms with Gasteiger partial charge < -0.3 is 10.8 Å². The maximum atomic E-state index is 13.8. The average Bonchev–Trinajstić information content (AvgIpc) is 2.41. The SMILES string of the molecule is NCC(c1ccccc1F)C(O)c1ccc(Cl)cc1F. The fraction of sp³-hybridized carbons (Fsp3) is 0.200. The molecule has 5 heteroatoms. The van der Waals surface area contributed by atoms with Crippen LogP contribution in [0.5, 0.6) is 0 Å². The molecule has 0 aliphatic carbocycles. The van der Waals surface area contributed by atoms with Crippen molar-refractivity contribution in [2.45, 2.75) is 12.0 Å². The van der Waals surface area contributed by atoms with E-state index in [9.17, 15) is 13.9 Å². The van der Waals surface area contributed by atoms with E-state index >= 15 is 0 Å². The number of benzene rings is 2. The molecule has 0 radical (unpaired) electrons. The molecule has 2 aromatic rings. The summed E-state index contributed by atoms with van der Waals surface area (Å²) in [6, 6.07) is 9.96. The monoisotopic (exact) mass is 297 g/mol. The van der Waals surface area contributed by atoms with Gasteiger partial charge in [-0.25, -0.2) is 8.78 Å². The van der Waals surface area contributed by atoms with Gasteiger partial charge >= 0.3 is 0 Å². The van der Waals surface area contributed by atoms with E-state index in [-0.39, 0.29) is 22.7 Å². The molecule has 2 rings (SSSR count). The zero-order valence-corrected chi connectivity index (χ0v) is 11.3. The second-order valence-electron chi connectivity index (χ2n) is 4.47. The van der Waals surface area contributed by atoms with Crippen LogP contribution in [0.4, 0.5) is 8.78 Å².